The molecule has 0 atom stereocenters. The summed E-state index contributed by atoms with van der Waals surface area (Å²) in [5.41, 5.74) is 0.140. The molecule has 4 heteroatoms. The fraction of sp³-hybridized carbons (Fsp3) is 0.714. The second kappa shape index (κ2) is 3.89. The molecule has 1 aliphatic carbocycles. The molecule has 0 amide bonds. The Balaban J connectivity index is 0. The van der Waals surface area contributed by atoms with Crippen LogP contribution in [0.25, 0.3) is 0 Å². The Bertz CT molecular complexity index is 397. The Morgan fingerprint density at radius 3 is 1.72 bits per heavy atom. The first-order valence-electron chi connectivity index (χ1n) is 6.47. The van der Waals surface area contributed by atoms with Gasteiger partial charge in [-0.1, -0.05) is 0 Å². The molecule has 1 N–H and O–H groups in total. The van der Waals surface area contributed by atoms with Crippen LogP contribution in [0.3, 0.4) is 0 Å². The largest absolute Gasteiger partial charge is 0.147 e. The van der Waals surface area contributed by atoms with Crippen LogP contribution < -0.4 is 3.80 Å². The minimum absolute atomic E-state index is 0. The average molecular weight is 333 g/mol. The SMILES string of the molecule is CC(C)(C)[NH][Ti]([CH3])([CH3])([CH3])([CH3])([CH3])[C]1=CC=CC1.Cl.Cl. The fourth-order valence-electron chi connectivity index (χ4n) is 3.61. The Kier molecular flexibility index (Phi) is 4.55. The first-order valence-corrected chi connectivity index (χ1v) is 15.8. The van der Waals surface area contributed by atoms with Crippen LogP contribution in [0.4, 0.5) is 0 Å². The van der Waals surface area contributed by atoms with Gasteiger partial charge >= 0.3 is 97.8 Å². The molecule has 0 aliphatic heterocycles. The van der Waals surface area contributed by atoms with Gasteiger partial charge in [-0.15, -0.1) is 24.8 Å². The number of nitrogens with one attached hydrogen (secondary N) is 1. The summed E-state index contributed by atoms with van der Waals surface area (Å²) < 4.78 is 5.64. The Hall–Kier alpha value is 0.734. The Labute approximate surface area is 122 Å². The zero-order valence-corrected chi connectivity index (χ0v) is 16.5. The maximum Gasteiger partial charge on any atom is -0.147 e. The van der Waals surface area contributed by atoms with Gasteiger partial charge in [0.2, 0.25) is 0 Å². The smallest absolute Gasteiger partial charge is 0.147 e. The quantitative estimate of drug-likeness (QED) is 0.613. The summed E-state index contributed by atoms with van der Waals surface area (Å²) >= 11 is -3.72. The topological polar surface area (TPSA) is 12.0 Å². The summed E-state index contributed by atoms with van der Waals surface area (Å²) in [5.74, 6) is 0. The molecular weight excluding hydrogens is 301 g/mol. The van der Waals surface area contributed by atoms with Crippen molar-refractivity contribution in [2.75, 3.05) is 0 Å². The van der Waals surface area contributed by atoms with Gasteiger partial charge in [-0.2, -0.15) is 0 Å². The van der Waals surface area contributed by atoms with E-state index in [2.05, 4.69) is 68.9 Å². The molecular formula is C14H32Cl2NTi. The van der Waals surface area contributed by atoms with Crippen molar-refractivity contribution < 1.29 is 13.0 Å². The third kappa shape index (κ3) is 5.02. The van der Waals surface area contributed by atoms with Crippen molar-refractivity contribution in [2.24, 2.45) is 0 Å². The van der Waals surface area contributed by atoms with E-state index in [1.54, 1.807) is 3.88 Å². The second-order valence-electron chi connectivity index (χ2n) is 11.3. The van der Waals surface area contributed by atoms with Crippen LogP contribution in [0.15, 0.2) is 22.1 Å². The maximum absolute atomic E-state index is 4.04. The van der Waals surface area contributed by atoms with Crippen LogP contribution in [-0.2, 0) is 13.0 Å². The predicted molar refractivity (Wildman–Crippen MR) is 88.5 cm³/mol. The molecule has 1 rings (SSSR count). The van der Waals surface area contributed by atoms with Crippen LogP contribution in [0.1, 0.15) is 27.2 Å². The molecule has 1 nitrogen and oxygen atoms in total. The average Bonchev–Trinajstić information content (AvgIpc) is 2.22. The summed E-state index contributed by atoms with van der Waals surface area (Å²) in [4.78, 5) is 0. The molecule has 0 unspecified atom stereocenters. The van der Waals surface area contributed by atoms with Crippen molar-refractivity contribution in [3.05, 3.63) is 22.1 Å². The summed E-state index contributed by atoms with van der Waals surface area (Å²) in [7, 11) is 0. The van der Waals surface area contributed by atoms with Crippen molar-refractivity contribution in [3.8, 4) is 0 Å². The molecule has 0 saturated carbocycles. The first kappa shape index (κ1) is 21.0. The normalized spacial score (nSPS) is 21.6. The van der Waals surface area contributed by atoms with Crippen LogP contribution in [0.2, 0.25) is 26.1 Å². The van der Waals surface area contributed by atoms with Gasteiger partial charge in [0.15, 0.2) is 0 Å². The third-order valence-electron chi connectivity index (χ3n) is 3.60. The summed E-state index contributed by atoms with van der Waals surface area (Å²) in [6.07, 6.45) is 7.91. The fourth-order valence-corrected chi connectivity index (χ4v) is 13.8. The molecule has 0 bridgehead atoms. The van der Waals surface area contributed by atoms with Crippen LogP contribution >= 0.6 is 24.8 Å². The Morgan fingerprint density at radius 2 is 1.44 bits per heavy atom. The van der Waals surface area contributed by atoms with Gasteiger partial charge in [-0.3, -0.25) is 0 Å². The molecule has 18 heavy (non-hydrogen) atoms. The second-order valence-corrected chi connectivity index (χ2v) is 36.5. The van der Waals surface area contributed by atoms with Crippen molar-refractivity contribution in [1.29, 1.82) is 0 Å². The number of rotatable bonds is 2. The number of hydrogen-bond donors (Lipinski definition) is 1. The van der Waals surface area contributed by atoms with E-state index >= 15 is 0 Å². The third-order valence-corrected chi connectivity index (χ3v) is 13.0. The minimum atomic E-state index is -3.72. The Morgan fingerprint density at radius 1 is 1.00 bits per heavy atom. The van der Waals surface area contributed by atoms with E-state index < -0.39 is 13.0 Å². The van der Waals surface area contributed by atoms with E-state index in [-0.39, 0.29) is 30.4 Å². The molecule has 0 heterocycles. The van der Waals surface area contributed by atoms with Crippen molar-refractivity contribution >= 4 is 24.8 Å². The summed E-state index contributed by atoms with van der Waals surface area (Å²) in [6, 6.07) is 0. The van der Waals surface area contributed by atoms with Gasteiger partial charge in [-0.25, -0.2) is 0 Å². The van der Waals surface area contributed by atoms with Crippen LogP contribution in [0, 0.1) is 0 Å². The zero-order chi connectivity index (χ0) is 13.0. The van der Waals surface area contributed by atoms with Crippen molar-refractivity contribution in [1.82, 2.24) is 3.80 Å². The van der Waals surface area contributed by atoms with Crippen LogP contribution in [0.5, 0.6) is 0 Å². The molecule has 0 fully saturated rings. The van der Waals surface area contributed by atoms with Crippen molar-refractivity contribution in [3.63, 3.8) is 0 Å². The van der Waals surface area contributed by atoms with E-state index in [0.717, 1.165) is 6.42 Å². The summed E-state index contributed by atoms with van der Waals surface area (Å²) in [5, 5.41) is 12.4. The van der Waals surface area contributed by atoms with Gasteiger partial charge in [0, 0.05) is 0 Å². The standard InChI is InChI=1S/C5H5.C4H10N.5CH3.2ClH.Ti/c1-2-4-5-3-1;1-4(2,3)5;;;;;;;;/h1-3H,4H2;5H,1-3H3;5*1H3;2*1H;/q;-1;;;;;;;;+1. The van der Waals surface area contributed by atoms with Gasteiger partial charge < -0.3 is 0 Å². The van der Waals surface area contributed by atoms with E-state index in [1.165, 1.54) is 0 Å². The molecule has 0 spiro atoms. The number of allylic oxidation sites excluding steroid dienone is 4. The van der Waals surface area contributed by atoms with E-state index in [9.17, 15) is 0 Å². The van der Waals surface area contributed by atoms with E-state index in [4.69, 9.17) is 0 Å². The number of halogens is 2. The van der Waals surface area contributed by atoms with Crippen LogP contribution in [-0.4, -0.2) is 5.54 Å². The molecule has 1 aliphatic rings. The molecule has 0 aromatic rings. The van der Waals surface area contributed by atoms with E-state index in [0.29, 0.717) is 0 Å². The molecule has 0 radical (unpaired) electrons. The van der Waals surface area contributed by atoms with E-state index in [1.807, 2.05) is 0 Å². The molecule has 0 saturated heterocycles. The van der Waals surface area contributed by atoms with Crippen molar-refractivity contribution in [2.45, 2.75) is 58.9 Å². The molecule has 111 valence electrons. The van der Waals surface area contributed by atoms with Gasteiger partial charge in [0.25, 0.3) is 0 Å². The first-order chi connectivity index (χ1) is 6.55. The summed E-state index contributed by atoms with van der Waals surface area (Å²) in [6.45, 7) is 6.80. The number of hydrogen-bond acceptors (Lipinski definition) is 1. The van der Waals surface area contributed by atoms with Gasteiger partial charge in [0.05, 0.1) is 0 Å². The predicted octanol–water partition coefficient (Wildman–Crippen LogP) is 5.98. The zero-order valence-electron chi connectivity index (χ0n) is 13.3. The molecule has 0 aromatic heterocycles. The monoisotopic (exact) mass is 332 g/mol. The van der Waals surface area contributed by atoms with Gasteiger partial charge in [0.1, 0.15) is 0 Å². The maximum atomic E-state index is 4.04. The van der Waals surface area contributed by atoms with Gasteiger partial charge in [-0.05, 0) is 0 Å². The minimum Gasteiger partial charge on any atom is -0.147 e. The molecule has 0 aromatic carbocycles.